The van der Waals surface area contributed by atoms with Gasteiger partial charge in [0.15, 0.2) is 11.9 Å². The number of carbonyl (C=O) groups is 2. The van der Waals surface area contributed by atoms with Gasteiger partial charge < -0.3 is 14.6 Å². The number of nitro groups is 1. The van der Waals surface area contributed by atoms with E-state index < -0.39 is 52.4 Å². The monoisotopic (exact) mass is 447 g/mol. The second-order valence-corrected chi connectivity index (χ2v) is 6.30. The van der Waals surface area contributed by atoms with Gasteiger partial charge in [-0.25, -0.2) is 4.79 Å². The van der Waals surface area contributed by atoms with Crippen LogP contribution in [0.25, 0.3) is 0 Å². The first kappa shape index (κ1) is 23.1. The van der Waals surface area contributed by atoms with Crippen molar-refractivity contribution in [2.75, 3.05) is 6.61 Å². The average Bonchev–Trinajstić information content (AvgIpc) is 2.66. The number of halogens is 4. The van der Waals surface area contributed by atoms with Crippen molar-refractivity contribution in [3.05, 3.63) is 62.7 Å². The maximum absolute atomic E-state index is 12.7. The first-order chi connectivity index (χ1) is 13.9. The molecule has 0 spiro atoms. The van der Waals surface area contributed by atoms with Gasteiger partial charge in [-0.05, 0) is 37.3 Å². The summed E-state index contributed by atoms with van der Waals surface area (Å²) in [6.45, 7) is 0.426. The summed E-state index contributed by atoms with van der Waals surface area (Å²) in [5.41, 5.74) is -2.01. The zero-order chi connectivity index (χ0) is 22.6. The highest BCUT2D eigenvalue weighted by molar-refractivity contribution is 6.32. The topological polar surface area (TPSA) is 116 Å². The molecule has 2 aromatic rings. The zero-order valence-corrected chi connectivity index (χ0v) is 15.9. The Bertz CT molecular complexity index is 994. The molecule has 0 aliphatic heterocycles. The minimum Gasteiger partial charge on any atom is -0.479 e. The number of aliphatic carboxylic acids is 1. The normalized spacial score (nSPS) is 12.3. The van der Waals surface area contributed by atoms with Crippen molar-refractivity contribution in [1.29, 1.82) is 0 Å². The zero-order valence-electron chi connectivity index (χ0n) is 15.1. The number of ketones is 1. The number of alkyl halides is 3. The van der Waals surface area contributed by atoms with Crippen LogP contribution in [-0.2, 0) is 15.7 Å². The van der Waals surface area contributed by atoms with E-state index in [0.29, 0.717) is 6.07 Å². The Morgan fingerprint density at radius 1 is 1.23 bits per heavy atom. The minimum atomic E-state index is -4.61. The maximum atomic E-state index is 12.7. The van der Waals surface area contributed by atoms with E-state index in [4.69, 9.17) is 26.2 Å². The number of hydrogen-bond acceptors (Lipinski definition) is 6. The smallest absolute Gasteiger partial charge is 0.416 e. The van der Waals surface area contributed by atoms with Crippen LogP contribution in [0.2, 0.25) is 5.02 Å². The van der Waals surface area contributed by atoms with Crippen molar-refractivity contribution in [2.45, 2.75) is 19.2 Å². The highest BCUT2D eigenvalue weighted by atomic mass is 35.5. The molecule has 0 aliphatic carbocycles. The SMILES string of the molecule is CC(OCC(=O)c1cc(Oc2ccc(C(F)(F)F)cc2Cl)ccc1[N+](=O)[O-])C(=O)O. The number of hydrogen-bond donors (Lipinski definition) is 1. The molecule has 0 saturated heterocycles. The van der Waals surface area contributed by atoms with E-state index >= 15 is 0 Å². The van der Waals surface area contributed by atoms with E-state index in [0.717, 1.165) is 30.3 Å². The second kappa shape index (κ2) is 9.09. The number of nitrogens with zero attached hydrogens (tertiary/aromatic N) is 1. The van der Waals surface area contributed by atoms with Gasteiger partial charge in [0.05, 0.1) is 15.5 Å². The van der Waals surface area contributed by atoms with Gasteiger partial charge in [-0.1, -0.05) is 11.6 Å². The largest absolute Gasteiger partial charge is 0.479 e. The van der Waals surface area contributed by atoms with Crippen molar-refractivity contribution in [2.24, 2.45) is 0 Å². The van der Waals surface area contributed by atoms with Crippen LogP contribution in [0.1, 0.15) is 22.8 Å². The Balaban J connectivity index is 2.30. The van der Waals surface area contributed by atoms with Gasteiger partial charge >= 0.3 is 12.1 Å². The van der Waals surface area contributed by atoms with Gasteiger partial charge in [0.1, 0.15) is 23.7 Å². The number of nitro benzene ring substituents is 1. The third kappa shape index (κ3) is 5.67. The summed E-state index contributed by atoms with van der Waals surface area (Å²) in [4.78, 5) is 33.4. The van der Waals surface area contributed by atoms with Crippen LogP contribution >= 0.6 is 11.6 Å². The molecule has 0 fully saturated rings. The van der Waals surface area contributed by atoms with Crippen LogP contribution in [0.3, 0.4) is 0 Å². The lowest BCUT2D eigenvalue weighted by Gasteiger charge is -2.12. The average molecular weight is 448 g/mol. The van der Waals surface area contributed by atoms with Crippen LogP contribution in [0.5, 0.6) is 11.5 Å². The third-order valence-corrected chi connectivity index (χ3v) is 4.06. The van der Waals surface area contributed by atoms with Crippen LogP contribution in [0.15, 0.2) is 36.4 Å². The van der Waals surface area contributed by atoms with Gasteiger partial charge in [-0.2, -0.15) is 13.2 Å². The van der Waals surface area contributed by atoms with Crippen LogP contribution < -0.4 is 4.74 Å². The summed E-state index contributed by atoms with van der Waals surface area (Å²) in [5, 5.41) is 19.6. The Morgan fingerprint density at radius 2 is 1.90 bits per heavy atom. The Morgan fingerprint density at radius 3 is 2.43 bits per heavy atom. The van der Waals surface area contributed by atoms with E-state index in [1.807, 2.05) is 0 Å². The standard InChI is InChI=1S/C18H13ClF3NO7/c1-9(17(25)26)29-8-15(24)12-7-11(3-4-14(12)23(27)28)30-16-5-2-10(6-13(16)19)18(20,21)22/h2-7,9H,8H2,1H3,(H,25,26). The van der Waals surface area contributed by atoms with Gasteiger partial charge in [-0.15, -0.1) is 0 Å². The first-order valence-electron chi connectivity index (χ1n) is 8.10. The maximum Gasteiger partial charge on any atom is 0.416 e. The van der Waals surface area contributed by atoms with Crippen LogP contribution in [0, 0.1) is 10.1 Å². The fourth-order valence-corrected chi connectivity index (χ4v) is 2.42. The molecule has 12 heteroatoms. The molecule has 0 amide bonds. The summed E-state index contributed by atoms with van der Waals surface area (Å²) in [6, 6.07) is 5.43. The number of benzene rings is 2. The fraction of sp³-hybridized carbons (Fsp3) is 0.222. The van der Waals surface area contributed by atoms with E-state index in [-0.39, 0.29) is 16.5 Å². The molecule has 0 heterocycles. The number of ether oxygens (including phenoxy) is 2. The molecular formula is C18H13ClF3NO7. The van der Waals surface area contributed by atoms with Crippen molar-refractivity contribution in [3.8, 4) is 11.5 Å². The van der Waals surface area contributed by atoms with Crippen LogP contribution in [-0.4, -0.2) is 34.5 Å². The highest BCUT2D eigenvalue weighted by Gasteiger charge is 2.31. The predicted octanol–water partition coefficient (Wildman–Crippen LogP) is 4.73. The first-order valence-corrected chi connectivity index (χ1v) is 8.48. The number of carboxylic acid groups (broad SMARTS) is 1. The fourth-order valence-electron chi connectivity index (χ4n) is 2.20. The predicted molar refractivity (Wildman–Crippen MR) is 97.0 cm³/mol. The molecule has 2 aromatic carbocycles. The summed E-state index contributed by atoms with van der Waals surface area (Å²) in [7, 11) is 0. The number of rotatable bonds is 8. The number of Topliss-reactive ketones (excluding diaryl/α,β-unsaturated/α-hetero) is 1. The van der Waals surface area contributed by atoms with Crippen molar-refractivity contribution in [1.82, 2.24) is 0 Å². The van der Waals surface area contributed by atoms with E-state index in [9.17, 15) is 32.9 Å². The summed E-state index contributed by atoms with van der Waals surface area (Å²) >= 11 is 5.81. The van der Waals surface area contributed by atoms with E-state index in [1.54, 1.807) is 0 Å². The highest BCUT2D eigenvalue weighted by Crippen LogP contribution is 2.37. The Kier molecular flexibility index (Phi) is 7.00. The van der Waals surface area contributed by atoms with Gasteiger partial charge in [0, 0.05) is 6.07 Å². The molecule has 0 aliphatic rings. The molecule has 8 nitrogen and oxygen atoms in total. The summed E-state index contributed by atoms with van der Waals surface area (Å²) in [6.07, 6.45) is -5.93. The van der Waals surface area contributed by atoms with Crippen molar-refractivity contribution in [3.63, 3.8) is 0 Å². The van der Waals surface area contributed by atoms with E-state index in [2.05, 4.69) is 0 Å². The van der Waals surface area contributed by atoms with E-state index in [1.165, 1.54) is 6.92 Å². The minimum absolute atomic E-state index is 0.114. The molecule has 0 bridgehead atoms. The quantitative estimate of drug-likeness (QED) is 0.353. The Labute approximate surface area is 171 Å². The molecule has 1 atom stereocenters. The van der Waals surface area contributed by atoms with Crippen LogP contribution in [0.4, 0.5) is 18.9 Å². The number of carboxylic acids is 1. The van der Waals surface area contributed by atoms with Gasteiger partial charge in [0.2, 0.25) is 0 Å². The molecule has 1 N–H and O–H groups in total. The van der Waals surface area contributed by atoms with Gasteiger partial charge in [0.25, 0.3) is 5.69 Å². The molecule has 0 saturated carbocycles. The second-order valence-electron chi connectivity index (χ2n) is 5.90. The summed E-state index contributed by atoms with van der Waals surface area (Å²) < 4.78 is 48.3. The molecular weight excluding hydrogens is 435 g/mol. The summed E-state index contributed by atoms with van der Waals surface area (Å²) in [5.74, 6) is -2.50. The third-order valence-electron chi connectivity index (χ3n) is 3.76. The lowest BCUT2D eigenvalue weighted by Crippen LogP contribution is -2.23. The lowest BCUT2D eigenvalue weighted by atomic mass is 10.1. The number of carbonyl (C=O) groups excluding carboxylic acids is 1. The molecule has 2 rings (SSSR count). The molecule has 1 unspecified atom stereocenters. The molecule has 0 aromatic heterocycles. The van der Waals surface area contributed by atoms with Crippen molar-refractivity contribution >= 4 is 29.0 Å². The van der Waals surface area contributed by atoms with Gasteiger partial charge in [-0.3, -0.25) is 14.9 Å². The van der Waals surface area contributed by atoms with Crippen molar-refractivity contribution < 1.29 is 42.3 Å². The molecule has 30 heavy (non-hydrogen) atoms. The molecule has 0 radical (unpaired) electrons. The molecule has 160 valence electrons. The lowest BCUT2D eigenvalue weighted by molar-refractivity contribution is -0.385. The Hall–Kier alpha value is -3.18.